The number of hydrogen-bond donors (Lipinski definition) is 0. The van der Waals surface area contributed by atoms with E-state index in [4.69, 9.17) is 0 Å². The topological polar surface area (TPSA) is 52.7 Å². The van der Waals surface area contributed by atoms with Gasteiger partial charge in [0.1, 0.15) is 12.1 Å². The number of allylic oxidation sites excluding steroid dienone is 1. The molecular weight excluding hydrogens is 331 g/mol. The molecule has 0 fully saturated rings. The zero-order valence-corrected chi connectivity index (χ0v) is 14.5. The molecule has 0 spiro atoms. The maximum absolute atomic E-state index is 13.5. The third-order valence-electron chi connectivity index (χ3n) is 4.70. The molecule has 0 saturated heterocycles. The van der Waals surface area contributed by atoms with Crippen molar-refractivity contribution in [2.45, 2.75) is 25.7 Å². The number of carbonyl (C=O) groups excluding carboxylic acids is 1. The fraction of sp³-hybridized carbons (Fsp3) is 0.250. The number of halogens is 1. The number of benzene rings is 1. The quantitative estimate of drug-likeness (QED) is 0.662. The van der Waals surface area contributed by atoms with Crippen molar-refractivity contribution in [3.63, 3.8) is 0 Å². The van der Waals surface area contributed by atoms with E-state index in [0.717, 1.165) is 48.1 Å². The highest BCUT2D eigenvalue weighted by Gasteiger charge is 2.26. The summed E-state index contributed by atoms with van der Waals surface area (Å²) in [5, 5.41) is 4.50. The van der Waals surface area contributed by atoms with Gasteiger partial charge in [-0.1, -0.05) is 12.1 Å². The van der Waals surface area contributed by atoms with E-state index in [1.807, 2.05) is 19.2 Å². The van der Waals surface area contributed by atoms with Crippen LogP contribution in [0, 0.1) is 5.82 Å². The van der Waals surface area contributed by atoms with Crippen LogP contribution in [0.5, 0.6) is 0 Å². The summed E-state index contributed by atoms with van der Waals surface area (Å²) >= 11 is 0. The van der Waals surface area contributed by atoms with E-state index in [9.17, 15) is 9.18 Å². The number of fused-ring (bicyclic) bond motifs is 1. The summed E-state index contributed by atoms with van der Waals surface area (Å²) in [6.45, 7) is 0. The summed E-state index contributed by atoms with van der Waals surface area (Å²) in [4.78, 5) is 16.7. The minimum absolute atomic E-state index is 0.175. The molecule has 2 heterocycles. The highest BCUT2D eigenvalue weighted by Crippen LogP contribution is 2.33. The molecule has 3 aromatic rings. The van der Waals surface area contributed by atoms with Crippen LogP contribution >= 0.6 is 0 Å². The second kappa shape index (κ2) is 6.71. The summed E-state index contributed by atoms with van der Waals surface area (Å²) in [7, 11) is 1.86. The van der Waals surface area contributed by atoms with Crippen LogP contribution in [0.25, 0.3) is 11.6 Å². The molecule has 0 amide bonds. The van der Waals surface area contributed by atoms with Crippen LogP contribution in [0.4, 0.5) is 4.39 Å². The Balaban J connectivity index is 1.82. The Kier molecular flexibility index (Phi) is 4.24. The third-order valence-corrected chi connectivity index (χ3v) is 4.70. The Bertz CT molecular complexity index is 985. The lowest BCUT2D eigenvalue weighted by Gasteiger charge is -2.08. The predicted molar refractivity (Wildman–Crippen MR) is 97.0 cm³/mol. The zero-order chi connectivity index (χ0) is 18.1. The van der Waals surface area contributed by atoms with Crippen LogP contribution in [-0.2, 0) is 13.5 Å². The molecule has 1 aliphatic carbocycles. The lowest BCUT2D eigenvalue weighted by molar-refractivity contribution is 0.0953. The van der Waals surface area contributed by atoms with Gasteiger partial charge in [-0.25, -0.2) is 9.37 Å². The van der Waals surface area contributed by atoms with E-state index in [-0.39, 0.29) is 11.7 Å². The molecule has 0 atom stereocenters. The Morgan fingerprint density at radius 2 is 2.12 bits per heavy atom. The van der Waals surface area contributed by atoms with Crippen molar-refractivity contribution in [3.05, 3.63) is 71.3 Å². The van der Waals surface area contributed by atoms with Crippen molar-refractivity contribution < 1.29 is 9.18 Å². The number of hydrogen-bond acceptors (Lipinski definition) is 3. The van der Waals surface area contributed by atoms with E-state index < -0.39 is 0 Å². The number of aryl methyl sites for hydroxylation is 1. The molecule has 4 rings (SSSR count). The van der Waals surface area contributed by atoms with Crippen molar-refractivity contribution >= 4 is 17.6 Å². The lowest BCUT2D eigenvalue weighted by atomic mass is 10.0. The fourth-order valence-corrected chi connectivity index (χ4v) is 3.55. The molecule has 1 aliphatic rings. The zero-order valence-electron chi connectivity index (χ0n) is 14.5. The van der Waals surface area contributed by atoms with Gasteiger partial charge in [0.05, 0.1) is 5.69 Å². The maximum atomic E-state index is 13.5. The van der Waals surface area contributed by atoms with Gasteiger partial charge in [-0.2, -0.15) is 5.10 Å². The first-order chi connectivity index (χ1) is 12.6. The molecule has 1 aromatic carbocycles. The summed E-state index contributed by atoms with van der Waals surface area (Å²) in [5.41, 5.74) is 4.30. The first kappa shape index (κ1) is 16.4. The fourth-order valence-electron chi connectivity index (χ4n) is 3.55. The smallest absolute Gasteiger partial charge is 0.271 e. The second-order valence-electron chi connectivity index (χ2n) is 6.51. The third kappa shape index (κ3) is 2.98. The normalized spacial score (nSPS) is 15.7. The van der Waals surface area contributed by atoms with Gasteiger partial charge in [0.2, 0.25) is 0 Å². The van der Waals surface area contributed by atoms with E-state index in [1.54, 1.807) is 23.1 Å². The van der Waals surface area contributed by atoms with Crippen LogP contribution in [0.1, 0.15) is 46.6 Å². The van der Waals surface area contributed by atoms with Crippen molar-refractivity contribution in [2.75, 3.05) is 0 Å². The summed E-state index contributed by atoms with van der Waals surface area (Å²) < 4.78 is 16.8. The first-order valence-corrected chi connectivity index (χ1v) is 8.68. The van der Waals surface area contributed by atoms with E-state index in [0.29, 0.717) is 5.69 Å². The molecule has 0 saturated carbocycles. The Morgan fingerprint density at radius 1 is 1.27 bits per heavy atom. The minimum Gasteiger partial charge on any atom is -0.271 e. The molecule has 132 valence electrons. The van der Waals surface area contributed by atoms with Crippen LogP contribution < -0.4 is 0 Å². The standard InChI is InChI=1S/C20H19FN4O/c1-24-19-15(11-14-5-4-7-16(21)12-14)6-2-3-8-17(19)18(23-24)20(26)25-10-9-22-13-25/h4-5,7,9-13H,2-3,6,8H2,1H3/b15-11+. The van der Waals surface area contributed by atoms with Gasteiger partial charge in [-0.15, -0.1) is 0 Å². The molecule has 0 bridgehead atoms. The monoisotopic (exact) mass is 350 g/mol. The largest absolute Gasteiger partial charge is 0.283 e. The Morgan fingerprint density at radius 3 is 2.88 bits per heavy atom. The molecule has 0 radical (unpaired) electrons. The van der Waals surface area contributed by atoms with Crippen molar-refractivity contribution in [2.24, 2.45) is 7.05 Å². The van der Waals surface area contributed by atoms with Gasteiger partial charge in [0, 0.05) is 25.0 Å². The number of rotatable bonds is 2. The molecular formula is C20H19FN4O. The highest BCUT2D eigenvalue weighted by molar-refractivity contribution is 5.97. The van der Waals surface area contributed by atoms with Crippen LogP contribution in [0.2, 0.25) is 0 Å². The van der Waals surface area contributed by atoms with Crippen molar-refractivity contribution in [1.29, 1.82) is 0 Å². The molecule has 6 heteroatoms. The highest BCUT2D eigenvalue weighted by atomic mass is 19.1. The van der Waals surface area contributed by atoms with E-state index in [1.165, 1.54) is 23.0 Å². The minimum atomic E-state index is -0.255. The average molecular weight is 350 g/mol. The van der Waals surface area contributed by atoms with Crippen LogP contribution in [0.15, 0.2) is 43.0 Å². The molecule has 26 heavy (non-hydrogen) atoms. The molecule has 5 nitrogen and oxygen atoms in total. The van der Waals surface area contributed by atoms with Crippen molar-refractivity contribution in [1.82, 2.24) is 19.3 Å². The average Bonchev–Trinajstić information content (AvgIpc) is 3.20. The SMILES string of the molecule is Cn1nc(C(=O)n2ccnc2)c2c1/C(=C/c1cccc(F)c1)CCCC2. The van der Waals surface area contributed by atoms with Crippen LogP contribution in [-0.4, -0.2) is 25.2 Å². The molecule has 0 N–H and O–H groups in total. The number of aromatic nitrogens is 4. The molecule has 0 aliphatic heterocycles. The first-order valence-electron chi connectivity index (χ1n) is 8.68. The van der Waals surface area contributed by atoms with E-state index in [2.05, 4.69) is 10.1 Å². The van der Waals surface area contributed by atoms with Gasteiger partial charge >= 0.3 is 0 Å². The Hall–Kier alpha value is -3.02. The Labute approximate surface area is 150 Å². The summed E-state index contributed by atoms with van der Waals surface area (Å²) in [5.74, 6) is -0.430. The second-order valence-corrected chi connectivity index (χ2v) is 6.51. The molecule has 0 unspecified atom stereocenters. The lowest BCUT2D eigenvalue weighted by Crippen LogP contribution is -2.13. The maximum Gasteiger partial charge on any atom is 0.283 e. The molecule has 2 aromatic heterocycles. The van der Waals surface area contributed by atoms with Gasteiger partial charge in [0.15, 0.2) is 5.69 Å². The number of carbonyl (C=O) groups is 1. The summed E-state index contributed by atoms with van der Waals surface area (Å²) in [6.07, 6.45) is 10.4. The number of nitrogens with zero attached hydrogens (tertiary/aromatic N) is 4. The van der Waals surface area contributed by atoms with Gasteiger partial charge < -0.3 is 0 Å². The van der Waals surface area contributed by atoms with Crippen LogP contribution in [0.3, 0.4) is 0 Å². The van der Waals surface area contributed by atoms with Gasteiger partial charge in [-0.3, -0.25) is 14.0 Å². The van der Waals surface area contributed by atoms with E-state index >= 15 is 0 Å². The predicted octanol–water partition coefficient (Wildman–Crippen LogP) is 3.71. The summed E-state index contributed by atoms with van der Waals surface area (Å²) in [6, 6.07) is 6.54. The van der Waals surface area contributed by atoms with Crippen molar-refractivity contribution in [3.8, 4) is 0 Å². The van der Waals surface area contributed by atoms with Gasteiger partial charge in [-0.05, 0) is 55.0 Å². The number of imidazole rings is 1. The van der Waals surface area contributed by atoms with Gasteiger partial charge in [0.25, 0.3) is 5.91 Å².